The van der Waals surface area contributed by atoms with Gasteiger partial charge in [0.05, 0.1) is 18.4 Å². The highest BCUT2D eigenvalue weighted by Gasteiger charge is 2.20. The van der Waals surface area contributed by atoms with Crippen LogP contribution < -0.4 is 11.0 Å². The van der Waals surface area contributed by atoms with Gasteiger partial charge in [-0.2, -0.15) is 4.99 Å². The van der Waals surface area contributed by atoms with Crippen LogP contribution in [0.15, 0.2) is 82.7 Å². The molecule has 0 atom stereocenters. The number of aromatic nitrogens is 3. The third-order valence-electron chi connectivity index (χ3n) is 6.18. The van der Waals surface area contributed by atoms with Crippen molar-refractivity contribution in [3.63, 3.8) is 0 Å². The molecule has 0 saturated heterocycles. The van der Waals surface area contributed by atoms with Gasteiger partial charge in [-0.15, -0.1) is 0 Å². The molecule has 3 heterocycles. The van der Waals surface area contributed by atoms with E-state index in [0.717, 1.165) is 16.3 Å². The predicted octanol–water partition coefficient (Wildman–Crippen LogP) is 4.06. The Kier molecular flexibility index (Phi) is 6.64. The summed E-state index contributed by atoms with van der Waals surface area (Å²) in [6.45, 7) is 4.21. The molecule has 0 spiro atoms. The normalized spacial score (nSPS) is 11.9. The molecule has 8 heteroatoms. The lowest BCUT2D eigenvalue weighted by molar-refractivity contribution is -0.117. The Morgan fingerprint density at radius 1 is 0.973 bits per heavy atom. The van der Waals surface area contributed by atoms with Crippen LogP contribution in [0.5, 0.6) is 0 Å². The highest BCUT2D eigenvalue weighted by atomic mass is 16.5. The number of amides is 1. The van der Waals surface area contributed by atoms with Crippen LogP contribution in [0.3, 0.4) is 0 Å². The average Bonchev–Trinajstić information content (AvgIpc) is 2.90. The topological polar surface area (TPSA) is 95.0 Å². The monoisotopic (exact) mass is 494 g/mol. The van der Waals surface area contributed by atoms with E-state index in [1.54, 1.807) is 35.9 Å². The molecule has 0 saturated carbocycles. The summed E-state index contributed by atoms with van der Waals surface area (Å²) in [5.74, 6) is -1.06. The highest BCUT2D eigenvalue weighted by molar-refractivity contribution is 5.94. The maximum absolute atomic E-state index is 13.3. The van der Waals surface area contributed by atoms with Crippen molar-refractivity contribution in [3.05, 3.63) is 99.9 Å². The number of ether oxygens (including phenoxy) is 1. The van der Waals surface area contributed by atoms with Gasteiger partial charge in [-0.1, -0.05) is 55.5 Å². The van der Waals surface area contributed by atoms with E-state index < -0.39 is 11.9 Å². The first kappa shape index (κ1) is 24.1. The lowest BCUT2D eigenvalue weighted by atomic mass is 10.0. The molecule has 0 aliphatic heterocycles. The molecule has 186 valence electrons. The highest BCUT2D eigenvalue weighted by Crippen LogP contribution is 2.19. The third-order valence-corrected chi connectivity index (χ3v) is 6.18. The maximum atomic E-state index is 13.3. The molecule has 8 nitrogen and oxygen atoms in total. The summed E-state index contributed by atoms with van der Waals surface area (Å²) in [6.07, 6.45) is 2.35. The zero-order valence-electron chi connectivity index (χ0n) is 20.7. The SMILES string of the molecule is CCCn1c(=NC(=O)Cc2cccc3ccccc23)c(C(=O)OCC)cc2c(=O)n3ccccc3nc21. The molecular formula is C29H26N4O4. The van der Waals surface area contributed by atoms with Crippen LogP contribution in [0.1, 0.15) is 36.2 Å². The number of carbonyl (C=O) groups excluding carboxylic acids is 2. The molecule has 1 amide bonds. The smallest absolute Gasteiger partial charge is 0.341 e. The zero-order chi connectivity index (χ0) is 25.9. The molecule has 3 aromatic heterocycles. The quantitative estimate of drug-likeness (QED) is 0.262. The largest absolute Gasteiger partial charge is 0.462 e. The lowest BCUT2D eigenvalue weighted by Gasteiger charge is -2.14. The Hall–Kier alpha value is -4.59. The van der Waals surface area contributed by atoms with Crippen molar-refractivity contribution >= 4 is 39.3 Å². The molecule has 0 bridgehead atoms. The Labute approximate surface area is 212 Å². The zero-order valence-corrected chi connectivity index (χ0v) is 20.7. The number of benzene rings is 2. The van der Waals surface area contributed by atoms with Gasteiger partial charge < -0.3 is 9.30 Å². The summed E-state index contributed by atoms with van der Waals surface area (Å²) in [7, 11) is 0. The molecule has 0 aliphatic carbocycles. The molecule has 5 rings (SSSR count). The van der Waals surface area contributed by atoms with E-state index in [4.69, 9.17) is 9.72 Å². The second-order valence-corrected chi connectivity index (χ2v) is 8.66. The first-order valence-corrected chi connectivity index (χ1v) is 12.3. The van der Waals surface area contributed by atoms with E-state index in [2.05, 4.69) is 4.99 Å². The second-order valence-electron chi connectivity index (χ2n) is 8.66. The van der Waals surface area contributed by atoms with Crippen LogP contribution in [0.25, 0.3) is 27.5 Å². The number of nitrogens with zero attached hydrogens (tertiary/aromatic N) is 4. The number of rotatable bonds is 6. The van der Waals surface area contributed by atoms with Gasteiger partial charge in [0.2, 0.25) is 0 Å². The molecule has 0 N–H and O–H groups in total. The second kappa shape index (κ2) is 10.2. The first-order valence-electron chi connectivity index (χ1n) is 12.3. The minimum absolute atomic E-state index is 0.0571. The van der Waals surface area contributed by atoms with E-state index in [1.807, 2.05) is 49.4 Å². The molecule has 0 fully saturated rings. The lowest BCUT2D eigenvalue weighted by Crippen LogP contribution is -2.33. The number of fused-ring (bicyclic) bond motifs is 3. The predicted molar refractivity (Wildman–Crippen MR) is 141 cm³/mol. The van der Waals surface area contributed by atoms with Gasteiger partial charge in [-0.3, -0.25) is 14.0 Å². The van der Waals surface area contributed by atoms with Crippen LogP contribution >= 0.6 is 0 Å². The standard InChI is InChI=1S/C29H26N4O4/c1-3-15-33-26-22(28(35)32-16-8-7-14-24(32)30-26)18-23(29(36)37-4-2)27(33)31-25(34)17-20-12-9-11-19-10-5-6-13-21(19)20/h5-14,16,18H,3-4,15,17H2,1-2H3. The molecule has 5 aromatic rings. The first-order chi connectivity index (χ1) is 18.0. The van der Waals surface area contributed by atoms with Gasteiger partial charge in [0, 0.05) is 12.7 Å². The van der Waals surface area contributed by atoms with Crippen LogP contribution in [-0.4, -0.2) is 32.4 Å². The number of carbonyl (C=O) groups is 2. The summed E-state index contributed by atoms with van der Waals surface area (Å²) in [5, 5.41) is 2.25. The summed E-state index contributed by atoms with van der Waals surface area (Å²) < 4.78 is 8.39. The van der Waals surface area contributed by atoms with Crippen LogP contribution in [-0.2, 0) is 22.5 Å². The molecule has 0 aliphatic rings. The summed E-state index contributed by atoms with van der Waals surface area (Å²) in [4.78, 5) is 48.8. The van der Waals surface area contributed by atoms with E-state index >= 15 is 0 Å². The molecule has 0 unspecified atom stereocenters. The Morgan fingerprint density at radius 2 is 1.76 bits per heavy atom. The van der Waals surface area contributed by atoms with Gasteiger partial charge in [0.1, 0.15) is 16.9 Å². The minimum Gasteiger partial charge on any atom is -0.462 e. The van der Waals surface area contributed by atoms with Crippen molar-refractivity contribution in [1.82, 2.24) is 14.0 Å². The summed E-state index contributed by atoms with van der Waals surface area (Å²) in [5.41, 5.74) is 1.55. The Balaban J connectivity index is 1.76. The summed E-state index contributed by atoms with van der Waals surface area (Å²) in [6, 6.07) is 20.4. The summed E-state index contributed by atoms with van der Waals surface area (Å²) >= 11 is 0. The van der Waals surface area contributed by atoms with Crippen molar-refractivity contribution in [3.8, 4) is 0 Å². The fraction of sp³-hybridized carbons (Fsp3) is 0.207. The molecule has 0 radical (unpaired) electrons. The van der Waals surface area contributed by atoms with Gasteiger partial charge in [0.25, 0.3) is 11.5 Å². The van der Waals surface area contributed by atoms with E-state index in [-0.39, 0.29) is 35.0 Å². The van der Waals surface area contributed by atoms with Gasteiger partial charge in [-0.05, 0) is 47.9 Å². The maximum Gasteiger partial charge on any atom is 0.341 e. The van der Waals surface area contributed by atoms with Crippen molar-refractivity contribution < 1.29 is 14.3 Å². The van der Waals surface area contributed by atoms with Crippen LogP contribution in [0.4, 0.5) is 0 Å². The van der Waals surface area contributed by atoms with E-state index in [0.29, 0.717) is 24.3 Å². The fourth-order valence-electron chi connectivity index (χ4n) is 4.56. The Morgan fingerprint density at radius 3 is 2.57 bits per heavy atom. The number of esters is 1. The van der Waals surface area contributed by atoms with Crippen LogP contribution in [0, 0.1) is 0 Å². The average molecular weight is 495 g/mol. The van der Waals surface area contributed by atoms with E-state index in [1.165, 1.54) is 10.5 Å². The molecule has 37 heavy (non-hydrogen) atoms. The van der Waals surface area contributed by atoms with Crippen molar-refractivity contribution in [2.45, 2.75) is 33.2 Å². The fourth-order valence-corrected chi connectivity index (χ4v) is 4.56. The van der Waals surface area contributed by atoms with Gasteiger partial charge in [-0.25, -0.2) is 9.78 Å². The van der Waals surface area contributed by atoms with Crippen molar-refractivity contribution in [2.24, 2.45) is 4.99 Å². The van der Waals surface area contributed by atoms with Crippen LogP contribution in [0.2, 0.25) is 0 Å². The minimum atomic E-state index is -0.650. The van der Waals surface area contributed by atoms with E-state index in [9.17, 15) is 14.4 Å². The number of pyridine rings is 2. The Bertz CT molecular complexity index is 1790. The molecule has 2 aromatic carbocycles. The van der Waals surface area contributed by atoms with Gasteiger partial charge >= 0.3 is 5.97 Å². The number of aryl methyl sites for hydroxylation is 1. The van der Waals surface area contributed by atoms with Crippen molar-refractivity contribution in [1.29, 1.82) is 0 Å². The molecular weight excluding hydrogens is 468 g/mol. The van der Waals surface area contributed by atoms with Gasteiger partial charge in [0.15, 0.2) is 5.49 Å². The third kappa shape index (κ3) is 4.53. The van der Waals surface area contributed by atoms with Crippen molar-refractivity contribution in [2.75, 3.05) is 6.61 Å². The number of hydrogen-bond donors (Lipinski definition) is 0. The number of hydrogen-bond acceptors (Lipinski definition) is 5.